The molecule has 3 rings (SSSR count). The summed E-state index contributed by atoms with van der Waals surface area (Å²) >= 11 is 1.48. The van der Waals surface area contributed by atoms with Crippen LogP contribution in [0.15, 0.2) is 45.2 Å². The second-order valence-electron chi connectivity index (χ2n) is 5.93. The molecule has 0 unspecified atom stereocenters. The van der Waals surface area contributed by atoms with E-state index in [9.17, 15) is 13.2 Å². The third-order valence-corrected chi connectivity index (χ3v) is 5.81. The van der Waals surface area contributed by atoms with Crippen molar-refractivity contribution >= 4 is 39.3 Å². The zero-order valence-electron chi connectivity index (χ0n) is 14.4. The highest BCUT2D eigenvalue weighted by Crippen LogP contribution is 2.21. The number of benzene rings is 1. The van der Waals surface area contributed by atoms with E-state index >= 15 is 0 Å². The number of nitrogens with zero attached hydrogens (tertiary/aromatic N) is 2. The number of aryl methyl sites for hydroxylation is 1. The molecular weight excluding hydrogens is 374 g/mol. The molecule has 0 fully saturated rings. The van der Waals surface area contributed by atoms with E-state index in [-0.39, 0.29) is 22.5 Å². The van der Waals surface area contributed by atoms with Gasteiger partial charge in [-0.1, -0.05) is 0 Å². The summed E-state index contributed by atoms with van der Waals surface area (Å²) in [4.78, 5) is 20.6. The molecule has 0 atom stereocenters. The van der Waals surface area contributed by atoms with Crippen LogP contribution in [0.25, 0.3) is 6.08 Å². The number of rotatable bonds is 5. The Bertz CT molecular complexity index is 1000. The molecule has 0 amide bonds. The van der Waals surface area contributed by atoms with Crippen LogP contribution in [0.3, 0.4) is 0 Å². The molecule has 2 heterocycles. The molecule has 0 spiro atoms. The Morgan fingerprint density at radius 3 is 2.50 bits per heavy atom. The highest BCUT2D eigenvalue weighted by atomic mass is 32.2. The third kappa shape index (κ3) is 4.06. The average Bonchev–Trinajstić information content (AvgIpc) is 3.13. The lowest BCUT2D eigenvalue weighted by atomic mass is 10.2. The maximum atomic E-state index is 12.1. The van der Waals surface area contributed by atoms with Crippen molar-refractivity contribution in [3.63, 3.8) is 0 Å². The Morgan fingerprint density at radius 2 is 1.92 bits per heavy atom. The fourth-order valence-corrected chi connectivity index (χ4v) is 4.10. The van der Waals surface area contributed by atoms with Crippen LogP contribution < -0.4 is 4.72 Å². The summed E-state index contributed by atoms with van der Waals surface area (Å²) in [6, 6.07) is 5.79. The van der Waals surface area contributed by atoms with Crippen molar-refractivity contribution in [2.45, 2.75) is 31.7 Å². The van der Waals surface area contributed by atoms with E-state index in [1.165, 1.54) is 23.5 Å². The van der Waals surface area contributed by atoms with Crippen LogP contribution in [0.1, 0.15) is 30.1 Å². The van der Waals surface area contributed by atoms with Gasteiger partial charge in [0.1, 0.15) is 0 Å². The van der Waals surface area contributed by atoms with Gasteiger partial charge >= 0.3 is 5.97 Å². The van der Waals surface area contributed by atoms with Crippen LogP contribution in [0.4, 0.5) is 0 Å². The number of carbonyl (C=O) groups is 1. The molecule has 136 valence electrons. The predicted octanol–water partition coefficient (Wildman–Crippen LogP) is 2.48. The van der Waals surface area contributed by atoms with Gasteiger partial charge in [-0.15, -0.1) is 11.3 Å². The normalized spacial score (nSPS) is 16.2. The molecule has 0 saturated carbocycles. The van der Waals surface area contributed by atoms with E-state index in [0.29, 0.717) is 11.3 Å². The summed E-state index contributed by atoms with van der Waals surface area (Å²) in [6.45, 7) is 5.37. The Labute approximate surface area is 155 Å². The molecule has 1 aromatic heterocycles. The van der Waals surface area contributed by atoms with Gasteiger partial charge in [0.25, 0.3) is 0 Å². The van der Waals surface area contributed by atoms with Gasteiger partial charge in [-0.05, 0) is 51.1 Å². The molecule has 2 aromatic rings. The smallest absolute Gasteiger partial charge is 0.363 e. The zero-order chi connectivity index (χ0) is 18.9. The molecule has 0 saturated heterocycles. The molecule has 0 bridgehead atoms. The van der Waals surface area contributed by atoms with Crippen molar-refractivity contribution in [1.29, 1.82) is 0 Å². The molecule has 1 aliphatic heterocycles. The molecule has 0 aliphatic carbocycles. The first-order valence-corrected chi connectivity index (χ1v) is 10.2. The maximum Gasteiger partial charge on any atom is 0.363 e. The number of hydrogen-bond acceptors (Lipinski definition) is 7. The first-order valence-electron chi connectivity index (χ1n) is 7.82. The van der Waals surface area contributed by atoms with Gasteiger partial charge in [0, 0.05) is 17.0 Å². The number of thiazole rings is 1. The summed E-state index contributed by atoms with van der Waals surface area (Å²) in [5.41, 5.74) is 1.31. The molecular formula is C17H17N3O4S2. The van der Waals surface area contributed by atoms with Crippen LogP contribution >= 0.6 is 11.3 Å². The quantitative estimate of drug-likeness (QED) is 0.624. The molecule has 1 aromatic carbocycles. The van der Waals surface area contributed by atoms with Gasteiger partial charge in [0.15, 0.2) is 5.70 Å². The van der Waals surface area contributed by atoms with Crippen molar-refractivity contribution < 1.29 is 17.9 Å². The lowest BCUT2D eigenvalue weighted by Gasteiger charge is -2.09. The Balaban J connectivity index is 1.85. The standard InChI is InChI=1S/C17H17N3O4S2/c1-10(2)20-26(22,23)14-6-4-12(5-7-14)16-19-15(17(21)24-16)8-13-9-25-11(3)18-13/h4-10,20H,1-3H3/b15-8-. The highest BCUT2D eigenvalue weighted by molar-refractivity contribution is 7.89. The minimum absolute atomic E-state index is 0.133. The van der Waals surface area contributed by atoms with Gasteiger partial charge in [-0.25, -0.2) is 27.9 Å². The fourth-order valence-electron chi connectivity index (χ4n) is 2.27. The number of cyclic esters (lactones) is 1. The average molecular weight is 391 g/mol. The number of aliphatic imine (C=N–C) groups is 1. The number of aromatic nitrogens is 1. The summed E-state index contributed by atoms with van der Waals surface area (Å²) in [7, 11) is -3.58. The lowest BCUT2D eigenvalue weighted by Crippen LogP contribution is -2.30. The van der Waals surface area contributed by atoms with Gasteiger partial charge < -0.3 is 4.74 Å². The number of esters is 1. The summed E-state index contributed by atoms with van der Waals surface area (Å²) in [5, 5.41) is 2.71. The maximum absolute atomic E-state index is 12.1. The van der Waals surface area contributed by atoms with Crippen LogP contribution in [0.2, 0.25) is 0 Å². The topological polar surface area (TPSA) is 97.7 Å². The van der Waals surface area contributed by atoms with Crippen molar-refractivity contribution in [2.24, 2.45) is 4.99 Å². The second-order valence-corrected chi connectivity index (χ2v) is 8.70. The van der Waals surface area contributed by atoms with E-state index < -0.39 is 16.0 Å². The van der Waals surface area contributed by atoms with Gasteiger partial charge in [-0.2, -0.15) is 0 Å². The molecule has 1 aliphatic rings. The van der Waals surface area contributed by atoms with E-state index in [0.717, 1.165) is 5.01 Å². The van der Waals surface area contributed by atoms with Crippen LogP contribution in [-0.2, 0) is 19.6 Å². The number of ether oxygens (including phenoxy) is 1. The summed E-state index contributed by atoms with van der Waals surface area (Å²) in [5.74, 6) is -0.433. The predicted molar refractivity (Wildman–Crippen MR) is 99.4 cm³/mol. The SMILES string of the molecule is Cc1nc(/C=C2\N=C(c3ccc(S(=O)(=O)NC(C)C)cc3)OC2=O)cs1. The Morgan fingerprint density at radius 1 is 1.23 bits per heavy atom. The number of carbonyl (C=O) groups excluding carboxylic acids is 1. The minimum atomic E-state index is -3.58. The fraction of sp³-hybridized carbons (Fsp3) is 0.235. The van der Waals surface area contributed by atoms with E-state index in [4.69, 9.17) is 4.74 Å². The van der Waals surface area contributed by atoms with Crippen LogP contribution in [0, 0.1) is 6.92 Å². The van der Waals surface area contributed by atoms with Gasteiger partial charge in [0.2, 0.25) is 15.9 Å². The van der Waals surface area contributed by atoms with Crippen molar-refractivity contribution in [1.82, 2.24) is 9.71 Å². The summed E-state index contributed by atoms with van der Waals surface area (Å²) < 4.78 is 32.0. The van der Waals surface area contributed by atoms with Gasteiger partial charge in [-0.3, -0.25) is 0 Å². The van der Waals surface area contributed by atoms with Crippen molar-refractivity contribution in [3.05, 3.63) is 51.6 Å². The highest BCUT2D eigenvalue weighted by Gasteiger charge is 2.25. The largest absolute Gasteiger partial charge is 0.402 e. The van der Waals surface area contributed by atoms with Gasteiger partial charge in [0.05, 0.1) is 15.6 Å². The molecule has 1 N–H and O–H groups in total. The van der Waals surface area contributed by atoms with Crippen LogP contribution in [-0.4, -0.2) is 31.3 Å². The van der Waals surface area contributed by atoms with E-state index in [1.807, 2.05) is 12.3 Å². The number of nitrogens with one attached hydrogen (secondary N) is 1. The third-order valence-electron chi connectivity index (χ3n) is 3.34. The molecule has 9 heteroatoms. The molecule has 0 radical (unpaired) electrons. The van der Waals surface area contributed by atoms with Crippen molar-refractivity contribution in [2.75, 3.05) is 0 Å². The van der Waals surface area contributed by atoms with Crippen LogP contribution in [0.5, 0.6) is 0 Å². The Hall–Kier alpha value is -2.36. The first kappa shape index (κ1) is 18.4. The monoisotopic (exact) mass is 391 g/mol. The second kappa shape index (κ2) is 7.10. The number of hydrogen-bond donors (Lipinski definition) is 1. The molecule has 26 heavy (non-hydrogen) atoms. The Kier molecular flexibility index (Phi) is 5.03. The van der Waals surface area contributed by atoms with E-state index in [1.54, 1.807) is 32.1 Å². The lowest BCUT2D eigenvalue weighted by molar-refractivity contribution is -0.129. The van der Waals surface area contributed by atoms with Crippen molar-refractivity contribution in [3.8, 4) is 0 Å². The summed E-state index contributed by atoms with van der Waals surface area (Å²) in [6.07, 6.45) is 1.56. The molecule has 7 nitrogen and oxygen atoms in total. The number of sulfonamides is 1. The minimum Gasteiger partial charge on any atom is -0.402 e. The zero-order valence-corrected chi connectivity index (χ0v) is 16.0. The first-order chi connectivity index (χ1) is 12.2. The van der Waals surface area contributed by atoms with E-state index in [2.05, 4.69) is 14.7 Å².